The van der Waals surface area contributed by atoms with Gasteiger partial charge in [0, 0.05) is 19.4 Å². The second-order valence-corrected chi connectivity index (χ2v) is 8.57. The summed E-state index contributed by atoms with van der Waals surface area (Å²) in [6, 6.07) is 4.02. The number of carboxylic acid groups (broad SMARTS) is 1. The van der Waals surface area contributed by atoms with Crippen LogP contribution in [0.4, 0.5) is 0 Å². The van der Waals surface area contributed by atoms with Gasteiger partial charge in [-0.15, -0.1) is 0 Å². The summed E-state index contributed by atoms with van der Waals surface area (Å²) < 4.78 is 11.1. The molecule has 1 atom stereocenters. The van der Waals surface area contributed by atoms with Gasteiger partial charge in [0.1, 0.15) is 10.4 Å². The van der Waals surface area contributed by atoms with E-state index in [-0.39, 0.29) is 31.7 Å². The molecule has 178 valence electrons. The Balaban J connectivity index is 2.01. The van der Waals surface area contributed by atoms with Crippen LogP contribution >= 0.6 is 24.0 Å². The van der Waals surface area contributed by atoms with E-state index in [1.807, 2.05) is 6.92 Å². The van der Waals surface area contributed by atoms with Crippen LogP contribution in [0.25, 0.3) is 6.08 Å². The number of carboxylic acids is 1. The van der Waals surface area contributed by atoms with Gasteiger partial charge in [0.15, 0.2) is 11.5 Å². The van der Waals surface area contributed by atoms with Crippen molar-refractivity contribution in [3.8, 4) is 11.5 Å². The van der Waals surface area contributed by atoms with Crippen LogP contribution in [0.3, 0.4) is 0 Å². The van der Waals surface area contributed by atoms with Crippen LogP contribution < -0.4 is 20.5 Å². The summed E-state index contributed by atoms with van der Waals surface area (Å²) in [6.45, 7) is 2.34. The normalized spacial score (nSPS) is 15.5. The molecule has 0 aliphatic carbocycles. The number of thiocarbonyl (C=S) groups is 1. The lowest BCUT2D eigenvalue weighted by Crippen LogP contribution is -2.42. The minimum absolute atomic E-state index is 0.0113. The van der Waals surface area contributed by atoms with Gasteiger partial charge in [0.2, 0.25) is 11.8 Å². The average molecular weight is 496 g/mol. The van der Waals surface area contributed by atoms with Crippen LogP contribution in [0.1, 0.15) is 31.7 Å². The number of rotatable bonds is 12. The molecular formula is C21H25N3O7S2. The first-order valence-corrected chi connectivity index (χ1v) is 11.2. The molecule has 10 nitrogen and oxygen atoms in total. The van der Waals surface area contributed by atoms with Gasteiger partial charge >= 0.3 is 5.97 Å². The molecule has 1 aliphatic rings. The Labute approximate surface area is 200 Å². The molecule has 1 saturated heterocycles. The minimum Gasteiger partial charge on any atom is -0.493 e. The number of nitrogens with one attached hydrogen (secondary N) is 1. The summed E-state index contributed by atoms with van der Waals surface area (Å²) in [5.41, 5.74) is 5.74. The van der Waals surface area contributed by atoms with E-state index in [0.717, 1.165) is 11.8 Å². The Bertz CT molecular complexity index is 981. The summed E-state index contributed by atoms with van der Waals surface area (Å²) in [5, 5.41) is 11.5. The van der Waals surface area contributed by atoms with Gasteiger partial charge in [0.25, 0.3) is 5.91 Å². The molecule has 0 aromatic heterocycles. The SMILES string of the molecule is CCOc1ccc(C=C2SC(=S)N(CCC(=O)NC(CCC(N)=O)C(=O)O)C2=O)cc1OC. The number of methoxy groups -OCH3 is 1. The molecule has 33 heavy (non-hydrogen) atoms. The van der Waals surface area contributed by atoms with Crippen molar-refractivity contribution < 1.29 is 33.8 Å². The first-order chi connectivity index (χ1) is 15.7. The number of nitrogens with two attached hydrogens (primary N) is 1. The van der Waals surface area contributed by atoms with Gasteiger partial charge in [-0.25, -0.2) is 4.79 Å². The smallest absolute Gasteiger partial charge is 0.326 e. The van der Waals surface area contributed by atoms with Gasteiger partial charge in [0.05, 0.1) is 18.6 Å². The number of aliphatic carboxylic acids is 1. The Morgan fingerprint density at radius 1 is 1.30 bits per heavy atom. The number of ether oxygens (including phenoxy) is 2. The molecule has 2 rings (SSSR count). The maximum atomic E-state index is 12.8. The summed E-state index contributed by atoms with van der Waals surface area (Å²) in [4.78, 5) is 48.8. The quantitative estimate of drug-likeness (QED) is 0.290. The molecule has 1 unspecified atom stereocenters. The second kappa shape index (κ2) is 12.2. The van der Waals surface area contributed by atoms with Crippen molar-refractivity contribution >= 4 is 58.1 Å². The van der Waals surface area contributed by atoms with Gasteiger partial charge in [-0.05, 0) is 37.1 Å². The number of benzene rings is 1. The average Bonchev–Trinajstić information content (AvgIpc) is 3.02. The third kappa shape index (κ3) is 7.46. The van der Waals surface area contributed by atoms with E-state index in [9.17, 15) is 24.3 Å². The number of carbonyl (C=O) groups excluding carboxylic acids is 3. The van der Waals surface area contributed by atoms with E-state index in [2.05, 4.69) is 5.32 Å². The number of hydrogen-bond donors (Lipinski definition) is 3. The third-order valence-corrected chi connectivity index (χ3v) is 5.91. The van der Waals surface area contributed by atoms with E-state index in [4.69, 9.17) is 27.4 Å². The second-order valence-electron chi connectivity index (χ2n) is 6.89. The number of primary amides is 1. The predicted octanol–water partition coefficient (Wildman–Crippen LogP) is 1.52. The van der Waals surface area contributed by atoms with Crippen molar-refractivity contribution in [2.24, 2.45) is 5.73 Å². The molecule has 0 radical (unpaired) electrons. The summed E-state index contributed by atoms with van der Waals surface area (Å²) in [7, 11) is 1.52. The Hall–Kier alpha value is -3.12. The highest BCUT2D eigenvalue weighted by atomic mass is 32.2. The summed E-state index contributed by atoms with van der Waals surface area (Å²) in [6.07, 6.45) is 1.22. The fraction of sp³-hybridized carbons (Fsp3) is 0.381. The number of hydrogen-bond acceptors (Lipinski definition) is 8. The summed E-state index contributed by atoms with van der Waals surface area (Å²) in [5.74, 6) is -1.75. The zero-order valence-electron chi connectivity index (χ0n) is 18.2. The lowest BCUT2D eigenvalue weighted by atomic mass is 10.1. The van der Waals surface area contributed by atoms with Gasteiger partial charge in [-0.1, -0.05) is 30.0 Å². The highest BCUT2D eigenvalue weighted by Gasteiger charge is 2.32. The van der Waals surface area contributed by atoms with Gasteiger partial charge in [-0.3, -0.25) is 19.3 Å². The van der Waals surface area contributed by atoms with Crippen LogP contribution in [0, 0.1) is 0 Å². The van der Waals surface area contributed by atoms with Crippen molar-refractivity contribution in [1.82, 2.24) is 10.2 Å². The molecule has 4 N–H and O–H groups in total. The predicted molar refractivity (Wildman–Crippen MR) is 127 cm³/mol. The Kier molecular flexibility index (Phi) is 9.67. The Morgan fingerprint density at radius 2 is 2.03 bits per heavy atom. The first kappa shape index (κ1) is 26.1. The molecule has 12 heteroatoms. The van der Waals surface area contributed by atoms with E-state index >= 15 is 0 Å². The third-order valence-electron chi connectivity index (χ3n) is 4.53. The van der Waals surface area contributed by atoms with Crippen molar-refractivity contribution in [2.45, 2.75) is 32.2 Å². The fourth-order valence-electron chi connectivity index (χ4n) is 2.92. The van der Waals surface area contributed by atoms with Crippen LogP contribution in [0.15, 0.2) is 23.1 Å². The molecule has 1 fully saturated rings. The van der Waals surface area contributed by atoms with E-state index in [0.29, 0.717) is 32.9 Å². The highest BCUT2D eigenvalue weighted by Crippen LogP contribution is 2.34. The topological polar surface area (TPSA) is 148 Å². The fourth-order valence-corrected chi connectivity index (χ4v) is 4.23. The van der Waals surface area contributed by atoms with Crippen molar-refractivity contribution in [3.63, 3.8) is 0 Å². The zero-order valence-corrected chi connectivity index (χ0v) is 19.8. The van der Waals surface area contributed by atoms with E-state index < -0.39 is 23.8 Å². The molecule has 1 aromatic rings. The van der Waals surface area contributed by atoms with Crippen LogP contribution in [0.2, 0.25) is 0 Å². The van der Waals surface area contributed by atoms with Gasteiger partial charge in [-0.2, -0.15) is 0 Å². The Morgan fingerprint density at radius 3 is 2.64 bits per heavy atom. The molecule has 0 spiro atoms. The van der Waals surface area contributed by atoms with Crippen molar-refractivity contribution in [3.05, 3.63) is 28.7 Å². The number of carbonyl (C=O) groups is 4. The highest BCUT2D eigenvalue weighted by molar-refractivity contribution is 8.26. The van der Waals surface area contributed by atoms with Crippen molar-refractivity contribution in [1.29, 1.82) is 0 Å². The lowest BCUT2D eigenvalue weighted by Gasteiger charge is -2.16. The summed E-state index contributed by atoms with van der Waals surface area (Å²) >= 11 is 6.38. The molecule has 0 bridgehead atoms. The van der Waals surface area contributed by atoms with Gasteiger partial charge < -0.3 is 25.6 Å². The zero-order chi connectivity index (χ0) is 24.5. The number of amides is 3. The monoisotopic (exact) mass is 495 g/mol. The maximum Gasteiger partial charge on any atom is 0.326 e. The van der Waals surface area contributed by atoms with Crippen LogP contribution in [-0.2, 0) is 19.2 Å². The molecular weight excluding hydrogens is 470 g/mol. The number of nitrogens with zero attached hydrogens (tertiary/aromatic N) is 1. The molecule has 1 heterocycles. The van der Waals surface area contributed by atoms with Crippen molar-refractivity contribution in [2.75, 3.05) is 20.3 Å². The first-order valence-electron chi connectivity index (χ1n) is 10.0. The maximum absolute atomic E-state index is 12.8. The molecule has 3 amide bonds. The minimum atomic E-state index is -1.27. The van der Waals surface area contributed by atoms with Crippen LogP contribution in [-0.4, -0.2) is 64.3 Å². The molecule has 1 aliphatic heterocycles. The molecule has 1 aromatic carbocycles. The lowest BCUT2D eigenvalue weighted by molar-refractivity contribution is -0.142. The standard InChI is InChI=1S/C21H25N3O7S2/c1-3-31-14-6-4-12(10-15(14)30-2)11-16-19(27)24(21(32)33-16)9-8-18(26)23-13(20(28)29)5-7-17(22)25/h4,6,10-11,13H,3,5,7-9H2,1-2H3,(H2,22,25)(H,23,26)(H,28,29). The largest absolute Gasteiger partial charge is 0.493 e. The van der Waals surface area contributed by atoms with Crippen LogP contribution in [0.5, 0.6) is 11.5 Å². The molecule has 0 saturated carbocycles. The number of thioether (sulfide) groups is 1. The van der Waals surface area contributed by atoms with E-state index in [1.165, 1.54) is 12.0 Å². The van der Waals surface area contributed by atoms with E-state index in [1.54, 1.807) is 24.3 Å².